The number of nitrogens with one attached hydrogen (secondary N) is 2. The summed E-state index contributed by atoms with van der Waals surface area (Å²) in [6, 6.07) is 24.3. The van der Waals surface area contributed by atoms with Crippen LogP contribution in [0.2, 0.25) is 0 Å². The molecule has 3 aromatic rings. The van der Waals surface area contributed by atoms with Crippen molar-refractivity contribution in [3.8, 4) is 11.5 Å². The minimum Gasteiger partial charge on any atom is -0.493 e. The molecule has 1 heterocycles. The fourth-order valence-corrected chi connectivity index (χ4v) is 3.96. The molecule has 1 amide bonds. The summed E-state index contributed by atoms with van der Waals surface area (Å²) in [6.07, 6.45) is 1.03. The lowest BCUT2D eigenvalue weighted by molar-refractivity contribution is -0.908. The zero-order valence-corrected chi connectivity index (χ0v) is 17.9. The van der Waals surface area contributed by atoms with E-state index in [9.17, 15) is 4.79 Å². The van der Waals surface area contributed by atoms with Crippen LogP contribution in [0.4, 0.5) is 0 Å². The standard InChI is InChI=1S/C26H28N2O3/c1-30-25-15-21(11-12-24(25)31-19-20-7-3-2-4-8-20)16-27-26(29)18-28-14-13-22-9-5-6-10-23(22)17-28/h2-12,15H,13-14,16-19H2,1H3,(H,27,29)/p+1. The Morgan fingerprint density at radius 2 is 1.71 bits per heavy atom. The molecule has 0 aliphatic carbocycles. The van der Waals surface area contributed by atoms with Gasteiger partial charge in [-0.2, -0.15) is 0 Å². The van der Waals surface area contributed by atoms with E-state index in [1.54, 1.807) is 7.11 Å². The van der Waals surface area contributed by atoms with Crippen molar-refractivity contribution in [1.29, 1.82) is 0 Å². The van der Waals surface area contributed by atoms with E-state index < -0.39 is 0 Å². The number of hydrogen-bond donors (Lipinski definition) is 2. The molecule has 0 saturated carbocycles. The minimum absolute atomic E-state index is 0.0674. The summed E-state index contributed by atoms with van der Waals surface area (Å²) in [4.78, 5) is 13.8. The van der Waals surface area contributed by atoms with Gasteiger partial charge in [-0.3, -0.25) is 4.79 Å². The normalized spacial score (nSPS) is 15.1. The number of ether oxygens (including phenoxy) is 2. The first-order valence-corrected chi connectivity index (χ1v) is 10.7. The number of carbonyl (C=O) groups is 1. The van der Waals surface area contributed by atoms with Crippen molar-refractivity contribution in [2.75, 3.05) is 20.2 Å². The average Bonchev–Trinajstić information content (AvgIpc) is 2.82. The van der Waals surface area contributed by atoms with Gasteiger partial charge in [0.25, 0.3) is 5.91 Å². The van der Waals surface area contributed by atoms with E-state index in [-0.39, 0.29) is 5.91 Å². The van der Waals surface area contributed by atoms with Crippen LogP contribution in [-0.2, 0) is 30.9 Å². The SMILES string of the molecule is COc1cc(CNC(=O)C[NH+]2CCc3ccccc3C2)ccc1OCc1ccccc1. The van der Waals surface area contributed by atoms with Crippen molar-refractivity contribution in [3.05, 3.63) is 95.1 Å². The van der Waals surface area contributed by atoms with Gasteiger partial charge < -0.3 is 19.7 Å². The number of amides is 1. The highest BCUT2D eigenvalue weighted by molar-refractivity contribution is 5.76. The molecule has 1 aliphatic heterocycles. The molecule has 4 rings (SSSR count). The molecule has 3 aromatic carbocycles. The number of carbonyl (C=O) groups excluding carboxylic acids is 1. The van der Waals surface area contributed by atoms with Gasteiger partial charge in [0.1, 0.15) is 13.2 Å². The second-order valence-electron chi connectivity index (χ2n) is 7.91. The Morgan fingerprint density at radius 1 is 0.935 bits per heavy atom. The Bertz CT molecular complexity index is 1020. The Balaban J connectivity index is 1.28. The first-order valence-electron chi connectivity index (χ1n) is 10.7. The topological polar surface area (TPSA) is 52.0 Å². The summed E-state index contributed by atoms with van der Waals surface area (Å²) in [6.45, 7) is 3.34. The van der Waals surface area contributed by atoms with Crippen molar-refractivity contribution in [2.45, 2.75) is 26.1 Å². The average molecular weight is 418 g/mol. The lowest BCUT2D eigenvalue weighted by Gasteiger charge is -2.25. The first kappa shape index (κ1) is 20.9. The Labute approximate surface area is 183 Å². The van der Waals surface area contributed by atoms with Gasteiger partial charge in [0, 0.05) is 18.5 Å². The van der Waals surface area contributed by atoms with E-state index in [1.807, 2.05) is 48.5 Å². The van der Waals surface area contributed by atoms with E-state index in [2.05, 4.69) is 29.6 Å². The zero-order chi connectivity index (χ0) is 21.5. The fraction of sp³-hybridized carbons (Fsp3) is 0.269. The molecular formula is C26H29N2O3+. The summed E-state index contributed by atoms with van der Waals surface area (Å²) < 4.78 is 11.4. The lowest BCUT2D eigenvalue weighted by atomic mass is 10.00. The maximum Gasteiger partial charge on any atom is 0.275 e. The highest BCUT2D eigenvalue weighted by Crippen LogP contribution is 2.28. The molecule has 0 saturated heterocycles. The van der Waals surface area contributed by atoms with E-state index >= 15 is 0 Å². The van der Waals surface area contributed by atoms with E-state index in [0.29, 0.717) is 31.2 Å². The smallest absolute Gasteiger partial charge is 0.275 e. The third kappa shape index (κ3) is 5.64. The summed E-state index contributed by atoms with van der Waals surface area (Å²) in [5.41, 5.74) is 4.85. The van der Waals surface area contributed by atoms with Crippen molar-refractivity contribution in [3.63, 3.8) is 0 Å². The Kier molecular flexibility index (Phi) is 6.85. The second kappa shape index (κ2) is 10.1. The van der Waals surface area contributed by atoms with Gasteiger partial charge >= 0.3 is 0 Å². The van der Waals surface area contributed by atoms with Crippen LogP contribution in [0, 0.1) is 0 Å². The predicted octanol–water partition coefficient (Wildman–Crippen LogP) is 2.53. The Morgan fingerprint density at radius 3 is 2.52 bits per heavy atom. The highest BCUT2D eigenvalue weighted by atomic mass is 16.5. The van der Waals surface area contributed by atoms with Crippen LogP contribution >= 0.6 is 0 Å². The van der Waals surface area contributed by atoms with Crippen molar-refractivity contribution in [2.24, 2.45) is 0 Å². The van der Waals surface area contributed by atoms with Crippen molar-refractivity contribution in [1.82, 2.24) is 5.32 Å². The van der Waals surface area contributed by atoms with Crippen LogP contribution in [0.1, 0.15) is 22.3 Å². The number of hydrogen-bond acceptors (Lipinski definition) is 3. The van der Waals surface area contributed by atoms with E-state index in [1.165, 1.54) is 16.0 Å². The van der Waals surface area contributed by atoms with Gasteiger partial charge in [0.15, 0.2) is 18.0 Å². The van der Waals surface area contributed by atoms with Crippen LogP contribution in [0.25, 0.3) is 0 Å². The molecular weight excluding hydrogens is 388 g/mol. The van der Waals surface area contributed by atoms with Crippen LogP contribution in [0.15, 0.2) is 72.8 Å². The number of methoxy groups -OCH3 is 1. The molecule has 0 radical (unpaired) electrons. The zero-order valence-electron chi connectivity index (χ0n) is 17.9. The monoisotopic (exact) mass is 417 g/mol. The summed E-state index contributed by atoms with van der Waals surface area (Å²) in [5, 5.41) is 3.04. The van der Waals surface area contributed by atoms with Gasteiger partial charge in [-0.05, 0) is 28.8 Å². The Hall–Kier alpha value is -3.31. The van der Waals surface area contributed by atoms with Crippen molar-refractivity contribution < 1.29 is 19.2 Å². The van der Waals surface area contributed by atoms with Crippen LogP contribution in [-0.4, -0.2) is 26.1 Å². The quantitative estimate of drug-likeness (QED) is 0.592. The molecule has 160 valence electrons. The van der Waals surface area contributed by atoms with Crippen LogP contribution in [0.5, 0.6) is 11.5 Å². The highest BCUT2D eigenvalue weighted by Gasteiger charge is 2.21. The van der Waals surface area contributed by atoms with Crippen molar-refractivity contribution >= 4 is 5.91 Å². The molecule has 0 bridgehead atoms. The maximum atomic E-state index is 12.5. The molecule has 2 N–H and O–H groups in total. The van der Waals surface area contributed by atoms with Gasteiger partial charge in [-0.25, -0.2) is 0 Å². The molecule has 1 aliphatic rings. The molecule has 0 fully saturated rings. The number of quaternary nitrogens is 1. The molecule has 0 aromatic heterocycles. The summed E-state index contributed by atoms with van der Waals surface area (Å²) in [7, 11) is 1.63. The predicted molar refractivity (Wildman–Crippen MR) is 120 cm³/mol. The fourth-order valence-electron chi connectivity index (χ4n) is 3.96. The third-order valence-electron chi connectivity index (χ3n) is 5.67. The lowest BCUT2D eigenvalue weighted by Crippen LogP contribution is -3.12. The van der Waals surface area contributed by atoms with Gasteiger partial charge in [0.2, 0.25) is 0 Å². The minimum atomic E-state index is 0.0674. The summed E-state index contributed by atoms with van der Waals surface area (Å²) >= 11 is 0. The van der Waals surface area contributed by atoms with Gasteiger partial charge in [-0.15, -0.1) is 0 Å². The molecule has 0 spiro atoms. The number of rotatable bonds is 8. The molecule has 5 nitrogen and oxygen atoms in total. The largest absolute Gasteiger partial charge is 0.493 e. The maximum absolute atomic E-state index is 12.5. The van der Waals surface area contributed by atoms with E-state index in [0.717, 1.165) is 30.6 Å². The van der Waals surface area contributed by atoms with Gasteiger partial charge in [-0.1, -0.05) is 60.7 Å². The molecule has 31 heavy (non-hydrogen) atoms. The van der Waals surface area contributed by atoms with Gasteiger partial charge in [0.05, 0.1) is 13.7 Å². The van der Waals surface area contributed by atoms with E-state index in [4.69, 9.17) is 9.47 Å². The molecule has 1 unspecified atom stereocenters. The number of benzene rings is 3. The van der Waals surface area contributed by atoms with Crippen LogP contribution in [0.3, 0.4) is 0 Å². The molecule has 1 atom stereocenters. The summed E-state index contributed by atoms with van der Waals surface area (Å²) in [5.74, 6) is 1.43. The second-order valence-corrected chi connectivity index (χ2v) is 7.91. The third-order valence-corrected chi connectivity index (χ3v) is 5.67. The molecule has 5 heteroatoms. The first-order chi connectivity index (χ1) is 15.2. The number of fused-ring (bicyclic) bond motifs is 1. The van der Waals surface area contributed by atoms with Crippen LogP contribution < -0.4 is 19.7 Å².